The Hall–Kier alpha value is -1.59. The maximum Gasteiger partial charge on any atom is 0.356 e. The lowest BCUT2D eigenvalue weighted by Crippen LogP contribution is -2.08. The van der Waals surface area contributed by atoms with Crippen LogP contribution in [0.5, 0.6) is 0 Å². The normalized spacial score (nSPS) is 10.4. The zero-order chi connectivity index (χ0) is 11.7. The molecule has 1 N–H and O–H groups in total. The highest BCUT2D eigenvalue weighted by Gasteiger charge is 2.16. The highest BCUT2D eigenvalue weighted by Crippen LogP contribution is 2.28. The van der Waals surface area contributed by atoms with E-state index in [1.807, 2.05) is 0 Å². The van der Waals surface area contributed by atoms with E-state index >= 15 is 0 Å². The van der Waals surface area contributed by atoms with Gasteiger partial charge in [0, 0.05) is 0 Å². The molecule has 0 unspecified atom stereocenters. The molecule has 1 heterocycles. The molecule has 0 fully saturated rings. The SMILES string of the molecule is O=C(O)c1cnnn1-c1cccc(Cl)c1Cl. The molecule has 0 saturated heterocycles. The fourth-order valence-electron chi connectivity index (χ4n) is 1.21. The van der Waals surface area contributed by atoms with Crippen LogP contribution in [0.3, 0.4) is 0 Å². The Morgan fingerprint density at radius 1 is 1.38 bits per heavy atom. The molecule has 16 heavy (non-hydrogen) atoms. The van der Waals surface area contributed by atoms with Crippen LogP contribution in [-0.4, -0.2) is 26.1 Å². The predicted molar refractivity (Wildman–Crippen MR) is 58.3 cm³/mol. The Kier molecular flexibility index (Phi) is 2.80. The van der Waals surface area contributed by atoms with Gasteiger partial charge in [-0.05, 0) is 12.1 Å². The van der Waals surface area contributed by atoms with Crippen molar-refractivity contribution in [2.75, 3.05) is 0 Å². The molecule has 0 aliphatic heterocycles. The first kappa shape index (κ1) is 10.9. The van der Waals surface area contributed by atoms with Gasteiger partial charge in [0.15, 0.2) is 5.69 Å². The average molecular weight is 258 g/mol. The minimum atomic E-state index is -1.14. The third-order valence-corrected chi connectivity index (χ3v) is 2.74. The number of hydrogen-bond acceptors (Lipinski definition) is 3. The summed E-state index contributed by atoms with van der Waals surface area (Å²) in [5.74, 6) is -1.14. The molecule has 1 aromatic heterocycles. The number of nitrogens with zero attached hydrogens (tertiary/aromatic N) is 3. The van der Waals surface area contributed by atoms with Crippen molar-refractivity contribution in [3.05, 3.63) is 40.1 Å². The Labute approximate surface area is 100 Å². The molecule has 0 bridgehead atoms. The largest absolute Gasteiger partial charge is 0.476 e. The first-order valence-electron chi connectivity index (χ1n) is 4.19. The number of hydrogen-bond donors (Lipinski definition) is 1. The average Bonchev–Trinajstić information content (AvgIpc) is 2.70. The Morgan fingerprint density at radius 3 is 2.81 bits per heavy atom. The number of aromatic nitrogens is 3. The summed E-state index contributed by atoms with van der Waals surface area (Å²) in [5.41, 5.74) is 0.299. The summed E-state index contributed by atoms with van der Waals surface area (Å²) >= 11 is 11.8. The molecule has 0 aliphatic carbocycles. The quantitative estimate of drug-likeness (QED) is 0.897. The molecule has 5 nitrogen and oxygen atoms in total. The lowest BCUT2D eigenvalue weighted by Gasteiger charge is -2.06. The first-order chi connectivity index (χ1) is 7.61. The van der Waals surface area contributed by atoms with E-state index in [2.05, 4.69) is 10.3 Å². The third kappa shape index (κ3) is 1.75. The van der Waals surface area contributed by atoms with Crippen LogP contribution in [0.4, 0.5) is 0 Å². The standard InChI is InChI=1S/C9H5Cl2N3O2/c10-5-2-1-3-6(8(5)11)14-7(9(15)16)4-12-13-14/h1-4H,(H,15,16). The highest BCUT2D eigenvalue weighted by atomic mass is 35.5. The second-order valence-corrected chi connectivity index (χ2v) is 3.69. The molecule has 2 aromatic rings. The van der Waals surface area contributed by atoms with Gasteiger partial charge in [0.05, 0.1) is 21.9 Å². The summed E-state index contributed by atoms with van der Waals surface area (Å²) in [6.45, 7) is 0. The van der Waals surface area contributed by atoms with Gasteiger partial charge < -0.3 is 5.11 Å². The van der Waals surface area contributed by atoms with Crippen molar-refractivity contribution in [2.24, 2.45) is 0 Å². The minimum Gasteiger partial charge on any atom is -0.476 e. The van der Waals surface area contributed by atoms with E-state index in [0.717, 1.165) is 10.9 Å². The van der Waals surface area contributed by atoms with E-state index in [0.29, 0.717) is 10.7 Å². The molecule has 0 atom stereocenters. The van der Waals surface area contributed by atoms with Gasteiger partial charge in [0.25, 0.3) is 0 Å². The Bertz CT molecular complexity index is 553. The number of rotatable bonds is 2. The Morgan fingerprint density at radius 2 is 2.12 bits per heavy atom. The molecule has 0 amide bonds. The maximum atomic E-state index is 10.9. The van der Waals surface area contributed by atoms with Crippen molar-refractivity contribution in [3.63, 3.8) is 0 Å². The lowest BCUT2D eigenvalue weighted by atomic mass is 10.3. The highest BCUT2D eigenvalue weighted by molar-refractivity contribution is 6.43. The molecule has 7 heteroatoms. The van der Waals surface area contributed by atoms with Gasteiger partial charge in [-0.1, -0.05) is 34.5 Å². The van der Waals surface area contributed by atoms with Crippen LogP contribution in [0.1, 0.15) is 10.5 Å². The van der Waals surface area contributed by atoms with Crippen molar-refractivity contribution in [2.45, 2.75) is 0 Å². The summed E-state index contributed by atoms with van der Waals surface area (Å²) in [5, 5.41) is 16.6. The topological polar surface area (TPSA) is 68.0 Å². The van der Waals surface area contributed by atoms with E-state index in [4.69, 9.17) is 28.3 Å². The van der Waals surface area contributed by atoms with Gasteiger partial charge in [-0.3, -0.25) is 0 Å². The molecular formula is C9H5Cl2N3O2. The van der Waals surface area contributed by atoms with Gasteiger partial charge in [-0.15, -0.1) is 5.10 Å². The summed E-state index contributed by atoms with van der Waals surface area (Å²) < 4.78 is 1.12. The number of halogens is 2. The molecule has 82 valence electrons. The second kappa shape index (κ2) is 4.11. The van der Waals surface area contributed by atoms with Gasteiger partial charge in [-0.2, -0.15) is 0 Å². The molecule has 0 aliphatic rings. The van der Waals surface area contributed by atoms with Crippen LogP contribution in [0.15, 0.2) is 24.4 Å². The fourth-order valence-corrected chi connectivity index (χ4v) is 1.59. The van der Waals surface area contributed by atoms with Gasteiger partial charge >= 0.3 is 5.97 Å². The van der Waals surface area contributed by atoms with Gasteiger partial charge in [0.1, 0.15) is 0 Å². The van der Waals surface area contributed by atoms with E-state index in [1.54, 1.807) is 18.2 Å². The minimum absolute atomic E-state index is 0.0795. The van der Waals surface area contributed by atoms with Crippen LogP contribution >= 0.6 is 23.2 Å². The molecule has 0 radical (unpaired) electrons. The van der Waals surface area contributed by atoms with Crippen LogP contribution in [-0.2, 0) is 0 Å². The van der Waals surface area contributed by atoms with Gasteiger partial charge in [0.2, 0.25) is 0 Å². The third-order valence-electron chi connectivity index (χ3n) is 1.93. The summed E-state index contributed by atoms with van der Waals surface area (Å²) in [6, 6.07) is 4.86. The molecule has 0 saturated carbocycles. The molecule has 1 aromatic carbocycles. The Balaban J connectivity index is 2.63. The van der Waals surface area contributed by atoms with Crippen molar-refractivity contribution in [1.29, 1.82) is 0 Å². The van der Waals surface area contributed by atoms with Crippen LogP contribution in [0.25, 0.3) is 5.69 Å². The zero-order valence-corrected chi connectivity index (χ0v) is 9.27. The van der Waals surface area contributed by atoms with Crippen molar-refractivity contribution >= 4 is 29.2 Å². The van der Waals surface area contributed by atoms with Gasteiger partial charge in [-0.25, -0.2) is 9.48 Å². The van der Waals surface area contributed by atoms with Crippen LogP contribution in [0.2, 0.25) is 10.0 Å². The summed E-state index contributed by atoms with van der Waals surface area (Å²) in [6.07, 6.45) is 1.14. The van der Waals surface area contributed by atoms with Crippen molar-refractivity contribution in [1.82, 2.24) is 15.0 Å². The maximum absolute atomic E-state index is 10.9. The number of benzene rings is 1. The predicted octanol–water partition coefficient (Wildman–Crippen LogP) is 2.27. The molecule has 2 rings (SSSR count). The first-order valence-corrected chi connectivity index (χ1v) is 4.95. The fraction of sp³-hybridized carbons (Fsp3) is 0. The second-order valence-electron chi connectivity index (χ2n) is 2.91. The number of carboxylic acids is 1. The summed E-state index contributed by atoms with van der Waals surface area (Å²) in [7, 11) is 0. The number of carboxylic acid groups (broad SMARTS) is 1. The zero-order valence-electron chi connectivity index (χ0n) is 7.76. The van der Waals surface area contributed by atoms with Crippen LogP contribution in [0, 0.1) is 0 Å². The van der Waals surface area contributed by atoms with E-state index < -0.39 is 5.97 Å². The number of aromatic carboxylic acids is 1. The van der Waals surface area contributed by atoms with E-state index in [-0.39, 0.29) is 10.7 Å². The van der Waals surface area contributed by atoms with Crippen molar-refractivity contribution < 1.29 is 9.90 Å². The number of carbonyl (C=O) groups is 1. The van der Waals surface area contributed by atoms with E-state index in [9.17, 15) is 4.79 Å². The molecule has 0 spiro atoms. The monoisotopic (exact) mass is 257 g/mol. The lowest BCUT2D eigenvalue weighted by molar-refractivity contribution is 0.0687. The molecular weight excluding hydrogens is 253 g/mol. The van der Waals surface area contributed by atoms with Crippen molar-refractivity contribution in [3.8, 4) is 5.69 Å². The smallest absolute Gasteiger partial charge is 0.356 e. The summed E-state index contributed by atoms with van der Waals surface area (Å²) in [4.78, 5) is 10.9. The van der Waals surface area contributed by atoms with Crippen LogP contribution < -0.4 is 0 Å². The van der Waals surface area contributed by atoms with E-state index in [1.165, 1.54) is 0 Å².